The largest absolute Gasteiger partial charge is 0.369 e. The van der Waals surface area contributed by atoms with Crippen LogP contribution in [0, 0.1) is 0 Å². The summed E-state index contributed by atoms with van der Waals surface area (Å²) in [4.78, 5) is 7.76. The summed E-state index contributed by atoms with van der Waals surface area (Å²) in [7, 11) is 1.95. The Morgan fingerprint density at radius 1 is 1.16 bits per heavy atom. The number of hydrogen-bond donors (Lipinski definition) is 1. The molecule has 0 radical (unpaired) electrons. The fourth-order valence-electron chi connectivity index (χ4n) is 2.39. The number of nitrogens with zero attached hydrogens (tertiary/aromatic N) is 2. The van der Waals surface area contributed by atoms with E-state index in [1.807, 2.05) is 18.0 Å². The lowest BCUT2D eigenvalue weighted by Gasteiger charge is -2.19. The number of rotatable bonds is 5. The average Bonchev–Trinajstić information content (AvgIpc) is 2.62. The lowest BCUT2D eigenvalue weighted by Crippen LogP contribution is -2.33. The van der Waals surface area contributed by atoms with Gasteiger partial charge in [0.15, 0.2) is 0 Å². The van der Waals surface area contributed by atoms with Gasteiger partial charge in [-0.25, -0.2) is 4.99 Å². The van der Waals surface area contributed by atoms with Crippen molar-refractivity contribution in [2.45, 2.75) is 31.6 Å². The molecule has 25 heavy (non-hydrogen) atoms. The second-order valence-electron chi connectivity index (χ2n) is 5.54. The zero-order valence-corrected chi connectivity index (χ0v) is 18.3. The summed E-state index contributed by atoms with van der Waals surface area (Å²) in [6, 6.07) is 12.7. The molecule has 0 saturated heterocycles. The van der Waals surface area contributed by atoms with Gasteiger partial charge in [-0.3, -0.25) is 0 Å². The minimum absolute atomic E-state index is 0. The molecule has 0 aliphatic carbocycles. The summed E-state index contributed by atoms with van der Waals surface area (Å²) in [5.41, 5.74) is 10.7. The molecule has 0 spiro atoms. The summed E-state index contributed by atoms with van der Waals surface area (Å²) in [6.45, 7) is 4.29. The van der Waals surface area contributed by atoms with Crippen LogP contribution in [0.25, 0.3) is 0 Å². The predicted octanol–water partition coefficient (Wildman–Crippen LogP) is 5.80. The number of nitrogens with two attached hydrogens (primary N) is 1. The summed E-state index contributed by atoms with van der Waals surface area (Å²) >= 11 is 5.36. The molecule has 0 unspecified atom stereocenters. The second kappa shape index (κ2) is 10.1. The molecule has 0 heterocycles. The van der Waals surface area contributed by atoms with Crippen molar-refractivity contribution in [2.24, 2.45) is 10.7 Å². The Balaban J connectivity index is 0.00000312. The molecule has 2 aromatic rings. The van der Waals surface area contributed by atoms with Gasteiger partial charge < -0.3 is 10.6 Å². The number of aliphatic imine (C=N–C) groups is 1. The maximum Gasteiger partial charge on any atom is 0.200 e. The molecule has 2 rings (SSSR count). The summed E-state index contributed by atoms with van der Waals surface area (Å²) in [6.07, 6.45) is 4.04. The number of guanidine groups is 1. The number of halogens is 2. The van der Waals surface area contributed by atoms with Gasteiger partial charge >= 0.3 is 0 Å². The van der Waals surface area contributed by atoms with Crippen molar-refractivity contribution in [3.63, 3.8) is 0 Å². The molecule has 3 nitrogen and oxygen atoms in total. The Kier molecular flexibility index (Phi) is 8.83. The van der Waals surface area contributed by atoms with E-state index in [4.69, 9.17) is 5.73 Å². The van der Waals surface area contributed by atoms with E-state index >= 15 is 0 Å². The molecular formula is C19H25BrClN3S. The smallest absolute Gasteiger partial charge is 0.200 e. The van der Waals surface area contributed by atoms with Crippen LogP contribution in [-0.2, 0) is 12.8 Å². The first-order valence-corrected chi connectivity index (χ1v) is 10.0. The van der Waals surface area contributed by atoms with Gasteiger partial charge in [0, 0.05) is 17.6 Å². The highest BCUT2D eigenvalue weighted by Gasteiger charge is 2.10. The molecule has 2 aromatic carbocycles. The van der Waals surface area contributed by atoms with Gasteiger partial charge in [0.2, 0.25) is 5.96 Å². The van der Waals surface area contributed by atoms with Crippen molar-refractivity contribution in [2.75, 3.05) is 18.2 Å². The first-order valence-electron chi connectivity index (χ1n) is 8.03. The summed E-state index contributed by atoms with van der Waals surface area (Å²) in [5.74, 6) is 0.476. The highest BCUT2D eigenvalue weighted by atomic mass is 79.9. The van der Waals surface area contributed by atoms with Crippen LogP contribution in [0.5, 0.6) is 0 Å². The quantitative estimate of drug-likeness (QED) is 0.361. The Morgan fingerprint density at radius 3 is 2.44 bits per heavy atom. The van der Waals surface area contributed by atoms with Crippen molar-refractivity contribution < 1.29 is 0 Å². The highest BCUT2D eigenvalue weighted by Crippen LogP contribution is 2.36. The van der Waals surface area contributed by atoms with E-state index in [0.717, 1.165) is 28.7 Å². The van der Waals surface area contributed by atoms with Crippen molar-refractivity contribution >= 4 is 57.4 Å². The minimum atomic E-state index is 0. The van der Waals surface area contributed by atoms with Crippen molar-refractivity contribution in [3.8, 4) is 0 Å². The average molecular weight is 443 g/mol. The fraction of sp³-hybridized carbons (Fsp3) is 0.316. The Morgan fingerprint density at radius 2 is 1.84 bits per heavy atom. The molecule has 136 valence electrons. The normalized spacial score (nSPS) is 11.2. The van der Waals surface area contributed by atoms with Gasteiger partial charge in [-0.1, -0.05) is 26.0 Å². The lowest BCUT2D eigenvalue weighted by atomic mass is 10.1. The molecule has 0 saturated carbocycles. The Hall–Kier alpha value is -1.17. The van der Waals surface area contributed by atoms with E-state index in [0.29, 0.717) is 5.96 Å². The predicted molar refractivity (Wildman–Crippen MR) is 118 cm³/mol. The molecule has 0 atom stereocenters. The first kappa shape index (κ1) is 21.9. The van der Waals surface area contributed by atoms with Crippen LogP contribution in [0.2, 0.25) is 0 Å². The van der Waals surface area contributed by atoms with Gasteiger partial charge in [-0.05, 0) is 70.4 Å². The van der Waals surface area contributed by atoms with Gasteiger partial charge in [0.25, 0.3) is 0 Å². The zero-order valence-electron chi connectivity index (χ0n) is 15.0. The monoisotopic (exact) mass is 441 g/mol. The number of aryl methyl sites for hydroxylation is 2. The van der Waals surface area contributed by atoms with E-state index in [1.54, 1.807) is 11.8 Å². The summed E-state index contributed by atoms with van der Waals surface area (Å²) in [5, 5.41) is 0. The summed E-state index contributed by atoms with van der Waals surface area (Å²) < 4.78 is 0.992. The van der Waals surface area contributed by atoms with E-state index in [9.17, 15) is 0 Å². The van der Waals surface area contributed by atoms with Crippen LogP contribution in [0.4, 0.5) is 11.4 Å². The van der Waals surface area contributed by atoms with E-state index in [1.165, 1.54) is 16.0 Å². The molecule has 0 aliphatic rings. The van der Waals surface area contributed by atoms with Crippen LogP contribution in [0.15, 0.2) is 50.8 Å². The standard InChI is InChI=1S/C19H24BrN3S.ClH/c1-5-13-8-7-9-15(10-13)23(3)19(21)22-16-11-14(6-2)12-17(24-4)18(16)20;/h7-12H,5-6H2,1-4H3,(H2,21,22);1H. The van der Waals surface area contributed by atoms with Crippen LogP contribution in [0.3, 0.4) is 0 Å². The molecule has 6 heteroatoms. The van der Waals surface area contributed by atoms with Gasteiger partial charge in [-0.2, -0.15) is 0 Å². The van der Waals surface area contributed by atoms with Crippen LogP contribution in [0.1, 0.15) is 25.0 Å². The lowest BCUT2D eigenvalue weighted by molar-refractivity contribution is 1.11. The zero-order chi connectivity index (χ0) is 17.7. The molecule has 0 aromatic heterocycles. The third kappa shape index (κ3) is 5.40. The fourth-order valence-corrected chi connectivity index (χ4v) is 3.74. The van der Waals surface area contributed by atoms with Crippen LogP contribution >= 0.6 is 40.1 Å². The Labute approximate surface area is 169 Å². The molecule has 0 aliphatic heterocycles. The van der Waals surface area contributed by atoms with E-state index in [2.05, 4.69) is 71.4 Å². The molecule has 0 bridgehead atoms. The maximum atomic E-state index is 6.27. The third-order valence-corrected chi connectivity index (χ3v) is 5.85. The van der Waals surface area contributed by atoms with Crippen LogP contribution in [-0.4, -0.2) is 19.3 Å². The first-order chi connectivity index (χ1) is 11.5. The number of anilines is 1. The van der Waals surface area contributed by atoms with Crippen molar-refractivity contribution in [1.29, 1.82) is 0 Å². The molecule has 2 N–H and O–H groups in total. The molecular weight excluding hydrogens is 418 g/mol. The topological polar surface area (TPSA) is 41.6 Å². The van der Waals surface area contributed by atoms with Gasteiger partial charge in [0.1, 0.15) is 0 Å². The molecule has 0 fully saturated rings. The molecule has 0 amide bonds. The van der Waals surface area contributed by atoms with Crippen LogP contribution < -0.4 is 10.6 Å². The van der Waals surface area contributed by atoms with Crippen molar-refractivity contribution in [1.82, 2.24) is 0 Å². The number of thioether (sulfide) groups is 1. The highest BCUT2D eigenvalue weighted by molar-refractivity contribution is 9.10. The number of hydrogen-bond acceptors (Lipinski definition) is 2. The third-order valence-electron chi connectivity index (χ3n) is 3.99. The van der Waals surface area contributed by atoms with Gasteiger partial charge in [0.05, 0.1) is 10.2 Å². The minimum Gasteiger partial charge on any atom is -0.369 e. The maximum absolute atomic E-state index is 6.27. The van der Waals surface area contributed by atoms with Crippen molar-refractivity contribution in [3.05, 3.63) is 52.0 Å². The van der Waals surface area contributed by atoms with E-state index < -0.39 is 0 Å². The van der Waals surface area contributed by atoms with E-state index in [-0.39, 0.29) is 12.4 Å². The number of benzene rings is 2. The van der Waals surface area contributed by atoms with Gasteiger partial charge in [-0.15, -0.1) is 24.2 Å². The SMILES string of the molecule is CCc1cccc(N(C)C(N)=Nc2cc(CC)cc(SC)c2Br)c1.Cl. The second-order valence-corrected chi connectivity index (χ2v) is 7.18. The Bertz CT molecular complexity index is 749.